The highest BCUT2D eigenvalue weighted by Crippen LogP contribution is 2.17. The first kappa shape index (κ1) is 18.3. The van der Waals surface area contributed by atoms with Gasteiger partial charge in [0.05, 0.1) is 18.9 Å². The number of halogens is 2. The molecule has 2 amide bonds. The highest BCUT2D eigenvalue weighted by Gasteiger charge is 2.29. The van der Waals surface area contributed by atoms with Gasteiger partial charge in [0.1, 0.15) is 0 Å². The highest BCUT2D eigenvalue weighted by atomic mass is 19.2. The minimum Gasteiger partial charge on any atom is -0.379 e. The molecule has 24 heavy (non-hydrogen) atoms. The molecule has 1 heterocycles. The average Bonchev–Trinajstić information content (AvgIpc) is 2.57. The number of carbonyl (C=O) groups excluding carboxylic acids is 2. The molecule has 1 aromatic carbocycles. The maximum Gasteiger partial charge on any atom is 0.313 e. The summed E-state index contributed by atoms with van der Waals surface area (Å²) >= 11 is 0. The molecule has 132 valence electrons. The van der Waals surface area contributed by atoms with Gasteiger partial charge in [-0.25, -0.2) is 8.78 Å². The SMILES string of the molecule is CC(C)(CNC(=O)C(=O)Nc1cccc(F)c1F)N1CCOCC1. The fourth-order valence-corrected chi connectivity index (χ4v) is 2.44. The van der Waals surface area contributed by atoms with Crippen LogP contribution in [0.2, 0.25) is 0 Å². The van der Waals surface area contributed by atoms with Crippen molar-refractivity contribution in [3.63, 3.8) is 0 Å². The van der Waals surface area contributed by atoms with Crippen LogP contribution in [0.5, 0.6) is 0 Å². The van der Waals surface area contributed by atoms with Crippen molar-refractivity contribution in [2.75, 3.05) is 38.2 Å². The predicted octanol–water partition coefficient (Wildman–Crippen LogP) is 1.13. The molecule has 0 bridgehead atoms. The summed E-state index contributed by atoms with van der Waals surface area (Å²) in [5, 5.41) is 4.59. The second kappa shape index (κ2) is 7.67. The number of hydrogen-bond acceptors (Lipinski definition) is 4. The number of amides is 2. The molecular formula is C16H21F2N3O3. The van der Waals surface area contributed by atoms with E-state index in [1.807, 2.05) is 13.8 Å². The first-order valence-corrected chi connectivity index (χ1v) is 7.67. The molecule has 8 heteroatoms. The van der Waals surface area contributed by atoms with E-state index in [4.69, 9.17) is 4.74 Å². The molecule has 0 spiro atoms. The zero-order valence-electron chi connectivity index (χ0n) is 13.7. The van der Waals surface area contributed by atoms with Gasteiger partial charge in [0.2, 0.25) is 0 Å². The molecule has 1 saturated heterocycles. The maximum atomic E-state index is 13.5. The zero-order chi connectivity index (χ0) is 17.7. The first-order chi connectivity index (χ1) is 11.3. The molecule has 0 unspecified atom stereocenters. The Bertz CT molecular complexity index is 617. The van der Waals surface area contributed by atoms with Crippen LogP contribution in [0.1, 0.15) is 13.8 Å². The summed E-state index contributed by atoms with van der Waals surface area (Å²) in [5.74, 6) is -4.24. The number of hydrogen-bond donors (Lipinski definition) is 2. The Labute approximate surface area is 139 Å². The quantitative estimate of drug-likeness (QED) is 0.806. The zero-order valence-corrected chi connectivity index (χ0v) is 13.7. The Morgan fingerprint density at radius 1 is 1.21 bits per heavy atom. The third-order valence-corrected chi connectivity index (χ3v) is 3.95. The van der Waals surface area contributed by atoms with E-state index in [9.17, 15) is 18.4 Å². The van der Waals surface area contributed by atoms with Crippen molar-refractivity contribution in [3.05, 3.63) is 29.8 Å². The van der Waals surface area contributed by atoms with Gasteiger partial charge in [-0.3, -0.25) is 14.5 Å². The van der Waals surface area contributed by atoms with Gasteiger partial charge in [-0.2, -0.15) is 0 Å². The number of nitrogens with one attached hydrogen (secondary N) is 2. The molecule has 2 rings (SSSR count). The fourth-order valence-electron chi connectivity index (χ4n) is 2.44. The molecule has 1 aromatic rings. The molecule has 0 saturated carbocycles. The largest absolute Gasteiger partial charge is 0.379 e. The Hall–Kier alpha value is -2.06. The molecule has 0 aromatic heterocycles. The molecule has 1 aliphatic heterocycles. The third-order valence-electron chi connectivity index (χ3n) is 3.95. The van der Waals surface area contributed by atoms with Crippen LogP contribution in [0.4, 0.5) is 14.5 Å². The Morgan fingerprint density at radius 2 is 1.88 bits per heavy atom. The average molecular weight is 341 g/mol. The van der Waals surface area contributed by atoms with Crippen LogP contribution >= 0.6 is 0 Å². The first-order valence-electron chi connectivity index (χ1n) is 7.67. The standard InChI is InChI=1S/C16H21F2N3O3/c1-16(2,21-6-8-24-9-7-21)10-19-14(22)15(23)20-12-5-3-4-11(17)13(12)18/h3-5H,6-10H2,1-2H3,(H,19,22)(H,20,23). The number of rotatable bonds is 4. The minimum atomic E-state index is -1.20. The Balaban J connectivity index is 1.89. The summed E-state index contributed by atoms with van der Waals surface area (Å²) in [6.07, 6.45) is 0. The molecule has 0 radical (unpaired) electrons. The summed E-state index contributed by atoms with van der Waals surface area (Å²) in [4.78, 5) is 25.9. The van der Waals surface area contributed by atoms with Gasteiger partial charge < -0.3 is 15.4 Å². The van der Waals surface area contributed by atoms with E-state index in [-0.39, 0.29) is 17.8 Å². The van der Waals surface area contributed by atoms with E-state index in [0.717, 1.165) is 19.2 Å². The molecular weight excluding hydrogens is 320 g/mol. The van der Waals surface area contributed by atoms with E-state index >= 15 is 0 Å². The van der Waals surface area contributed by atoms with Crippen LogP contribution in [-0.2, 0) is 14.3 Å². The van der Waals surface area contributed by atoms with Crippen molar-refractivity contribution in [1.82, 2.24) is 10.2 Å². The van der Waals surface area contributed by atoms with Gasteiger partial charge in [-0.05, 0) is 26.0 Å². The minimum absolute atomic E-state index is 0.241. The lowest BCUT2D eigenvalue weighted by atomic mass is 10.0. The second-order valence-corrected chi connectivity index (χ2v) is 6.15. The predicted molar refractivity (Wildman–Crippen MR) is 84.5 cm³/mol. The maximum absolute atomic E-state index is 13.5. The summed E-state index contributed by atoms with van der Waals surface area (Å²) in [5.41, 5.74) is -0.730. The summed E-state index contributed by atoms with van der Waals surface area (Å²) in [6, 6.07) is 3.35. The van der Waals surface area contributed by atoms with Crippen molar-refractivity contribution in [2.45, 2.75) is 19.4 Å². The number of ether oxygens (including phenoxy) is 1. The van der Waals surface area contributed by atoms with Crippen molar-refractivity contribution >= 4 is 17.5 Å². The topological polar surface area (TPSA) is 70.7 Å². The van der Waals surface area contributed by atoms with Gasteiger partial charge in [0.15, 0.2) is 11.6 Å². The second-order valence-electron chi connectivity index (χ2n) is 6.15. The molecule has 0 aliphatic carbocycles. The van der Waals surface area contributed by atoms with E-state index in [1.54, 1.807) is 0 Å². The van der Waals surface area contributed by atoms with Crippen LogP contribution < -0.4 is 10.6 Å². The van der Waals surface area contributed by atoms with Gasteiger partial charge >= 0.3 is 11.8 Å². The fraction of sp³-hybridized carbons (Fsp3) is 0.500. The molecule has 0 atom stereocenters. The molecule has 2 N–H and O–H groups in total. The number of morpholine rings is 1. The van der Waals surface area contributed by atoms with E-state index in [0.29, 0.717) is 13.2 Å². The van der Waals surface area contributed by atoms with Gasteiger partial charge in [0, 0.05) is 25.2 Å². The number of benzene rings is 1. The van der Waals surface area contributed by atoms with Crippen molar-refractivity contribution in [3.8, 4) is 0 Å². The summed E-state index contributed by atoms with van der Waals surface area (Å²) < 4.78 is 31.9. The van der Waals surface area contributed by atoms with Crippen LogP contribution in [0, 0.1) is 11.6 Å². The van der Waals surface area contributed by atoms with Crippen molar-refractivity contribution in [2.24, 2.45) is 0 Å². The lowest BCUT2D eigenvalue weighted by Gasteiger charge is -2.40. The molecule has 1 fully saturated rings. The number of carbonyl (C=O) groups is 2. The van der Waals surface area contributed by atoms with Crippen molar-refractivity contribution in [1.29, 1.82) is 0 Å². The van der Waals surface area contributed by atoms with E-state index in [1.165, 1.54) is 12.1 Å². The summed E-state index contributed by atoms with van der Waals surface area (Å²) in [6.45, 7) is 6.86. The Morgan fingerprint density at radius 3 is 2.54 bits per heavy atom. The molecule has 1 aliphatic rings. The monoisotopic (exact) mass is 341 g/mol. The Kier molecular flexibility index (Phi) is 5.84. The van der Waals surface area contributed by atoms with Crippen molar-refractivity contribution < 1.29 is 23.1 Å². The highest BCUT2D eigenvalue weighted by molar-refractivity contribution is 6.39. The van der Waals surface area contributed by atoms with Crippen LogP contribution in [0.3, 0.4) is 0 Å². The lowest BCUT2D eigenvalue weighted by molar-refractivity contribution is -0.136. The van der Waals surface area contributed by atoms with E-state index < -0.39 is 23.4 Å². The van der Waals surface area contributed by atoms with Gasteiger partial charge in [0.25, 0.3) is 0 Å². The lowest BCUT2D eigenvalue weighted by Crippen LogP contribution is -2.56. The summed E-state index contributed by atoms with van der Waals surface area (Å²) in [7, 11) is 0. The third kappa shape index (κ3) is 4.48. The van der Waals surface area contributed by atoms with E-state index in [2.05, 4.69) is 15.5 Å². The van der Waals surface area contributed by atoms with Gasteiger partial charge in [-0.1, -0.05) is 6.07 Å². The normalized spacial score (nSPS) is 15.8. The smallest absolute Gasteiger partial charge is 0.313 e. The van der Waals surface area contributed by atoms with Gasteiger partial charge in [-0.15, -0.1) is 0 Å². The molecule has 6 nitrogen and oxygen atoms in total. The van der Waals surface area contributed by atoms with Crippen LogP contribution in [0.25, 0.3) is 0 Å². The van der Waals surface area contributed by atoms with Crippen LogP contribution in [-0.4, -0.2) is 55.1 Å². The van der Waals surface area contributed by atoms with Crippen LogP contribution in [0.15, 0.2) is 18.2 Å². The number of anilines is 1. The number of nitrogens with zero attached hydrogens (tertiary/aromatic N) is 1.